The van der Waals surface area contributed by atoms with Gasteiger partial charge in [-0.15, -0.1) is 0 Å². The van der Waals surface area contributed by atoms with Crippen molar-refractivity contribution in [2.45, 2.75) is 307 Å². The summed E-state index contributed by atoms with van der Waals surface area (Å²) in [5.74, 6) is 0. The van der Waals surface area contributed by atoms with Crippen LogP contribution in [0, 0.1) is 0 Å². The Balaban J connectivity index is 0.000000515. The minimum absolute atomic E-state index is 0.0930. The zero-order valence-electron chi connectivity index (χ0n) is 77.2. The number of aryl methyl sites for hydroxylation is 3. The molecule has 0 amide bonds. The Morgan fingerprint density at radius 3 is 0.664 bits per heavy atom. The summed E-state index contributed by atoms with van der Waals surface area (Å²) in [6.45, 7) is 6.95. The highest BCUT2D eigenvalue weighted by atomic mass is 32.2. The number of unbranched alkanes of at least 4 members (excludes halogenated alkanes) is 27. The van der Waals surface area contributed by atoms with Gasteiger partial charge in [0, 0.05) is 32.0 Å². The highest BCUT2D eigenvalue weighted by molar-refractivity contribution is 7.99. The SMILES string of the molecule is CCCCCCCCCCCCc1ccccc1[S+](c1ccccc1CCCCCCCCCCCC)c1ccccc1CCCCCCCCCCCC.FC(F)(F)c1cc(-c2cc(Sc3ccccc3)c(-c3cc(C(F)(F)F)cc(C(F)(F)F)c3)c(-c3cc(C(F)(F)F)cc(C(F)(F)F)c3)c2-c2cc(C(F)(F)F)cc(C(F)(F)F)c2)cc(C(F)(F)F)c1.OB(O)O.OB(O)O.OB(O)O.[O-]B(O)O. The summed E-state index contributed by atoms with van der Waals surface area (Å²) in [5, 5.41) is 87.2. The fraction of sp³-hybridized carbons (Fsp3) is 0.449. The first-order chi connectivity index (χ1) is 65.4. The van der Waals surface area contributed by atoms with E-state index in [1.165, 1.54) is 230 Å². The lowest BCUT2D eigenvalue weighted by molar-refractivity contribution is -0.242. The van der Waals surface area contributed by atoms with Gasteiger partial charge in [-0.2, -0.15) is 105 Å². The first-order valence-electron chi connectivity index (χ1n) is 45.7. The van der Waals surface area contributed by atoms with Crippen molar-refractivity contribution >= 4 is 51.9 Å². The second-order valence-corrected chi connectivity index (χ2v) is 36.0. The molecule has 0 bridgehead atoms. The topological polar surface area (TPSA) is 246 Å². The second-order valence-electron chi connectivity index (χ2n) is 32.9. The molecule has 0 aromatic heterocycles. The molecule has 0 aliphatic rings. The molecule has 9 aromatic rings. The fourth-order valence-corrected chi connectivity index (χ4v) is 19.1. The zero-order chi connectivity index (χ0) is 105. The molecule has 0 unspecified atom stereocenters. The molecule has 12 nitrogen and oxygen atoms in total. The summed E-state index contributed by atoms with van der Waals surface area (Å²) in [5.41, 5.74) is -26.8. The van der Waals surface area contributed by atoms with E-state index in [0.29, 0.717) is 6.07 Å². The molecule has 772 valence electrons. The van der Waals surface area contributed by atoms with Crippen molar-refractivity contribution in [2.75, 3.05) is 0 Å². The molecule has 140 heavy (non-hydrogen) atoms. The highest BCUT2D eigenvalue weighted by Gasteiger charge is 2.45. The normalized spacial score (nSPS) is 12.0. The van der Waals surface area contributed by atoms with Crippen LogP contribution in [0.5, 0.6) is 0 Å². The van der Waals surface area contributed by atoms with E-state index < -0.39 is 197 Å². The van der Waals surface area contributed by atoms with Crippen LogP contribution in [0.25, 0.3) is 44.5 Å². The second kappa shape index (κ2) is 60.5. The summed E-state index contributed by atoms with van der Waals surface area (Å²) >= 11 is 0.0997. The molecule has 0 fully saturated rings. The monoisotopic (exact) mass is 2050 g/mol. The lowest BCUT2D eigenvalue weighted by Gasteiger charge is -2.27. The predicted octanol–water partition coefficient (Wildman–Crippen LogP) is 28.0. The Hall–Kier alpha value is -8.22. The minimum Gasteiger partial charge on any atom is -0.832 e. The smallest absolute Gasteiger partial charge is 0.631 e. The molecule has 9 rings (SSSR count). The van der Waals surface area contributed by atoms with Crippen LogP contribution in [0.4, 0.5) is 105 Å². The zero-order valence-corrected chi connectivity index (χ0v) is 78.8. The number of hydrogen-bond donors (Lipinski definition) is 11. The first kappa shape index (κ1) is 124. The van der Waals surface area contributed by atoms with Gasteiger partial charge in [-0.05, 0) is 187 Å². The Kier molecular flexibility index (Phi) is 53.6. The van der Waals surface area contributed by atoms with E-state index in [2.05, 4.69) is 93.6 Å². The molecule has 0 atom stereocenters. The van der Waals surface area contributed by atoms with Gasteiger partial charge in [-0.25, -0.2) is 0 Å². The summed E-state index contributed by atoms with van der Waals surface area (Å²) in [4.78, 5) is 3.49. The van der Waals surface area contributed by atoms with Gasteiger partial charge < -0.3 is 60.3 Å². The van der Waals surface area contributed by atoms with E-state index in [4.69, 9.17) is 60.3 Å². The van der Waals surface area contributed by atoms with Gasteiger partial charge in [0.15, 0.2) is 14.7 Å². The molecule has 0 saturated carbocycles. The molecule has 11 N–H and O–H groups in total. The largest absolute Gasteiger partial charge is 0.832 e. The van der Waals surface area contributed by atoms with Crippen molar-refractivity contribution in [3.05, 3.63) is 243 Å². The van der Waals surface area contributed by atoms with Crippen LogP contribution in [0.2, 0.25) is 0 Å². The predicted molar refractivity (Wildman–Crippen MR) is 494 cm³/mol. The van der Waals surface area contributed by atoms with Crippen LogP contribution in [-0.4, -0.2) is 84.5 Å². The number of hydrogen-bond acceptors (Lipinski definition) is 13. The van der Waals surface area contributed by atoms with Crippen molar-refractivity contribution < 1.29 is 166 Å². The molecular weight excluding hydrogens is 1930 g/mol. The van der Waals surface area contributed by atoms with Crippen molar-refractivity contribution in [3.8, 4) is 44.5 Å². The highest BCUT2D eigenvalue weighted by Crippen LogP contribution is 2.56. The third kappa shape index (κ3) is 45.8. The molecule has 0 aliphatic carbocycles. The van der Waals surface area contributed by atoms with Crippen molar-refractivity contribution in [2.24, 2.45) is 0 Å². The van der Waals surface area contributed by atoms with Crippen LogP contribution in [0.15, 0.2) is 206 Å². The van der Waals surface area contributed by atoms with Crippen molar-refractivity contribution in [1.29, 1.82) is 0 Å². The number of benzene rings is 9. The van der Waals surface area contributed by atoms with E-state index >= 15 is 0 Å². The Morgan fingerprint density at radius 2 is 0.436 bits per heavy atom. The Labute approximate surface area is 807 Å². The fourth-order valence-electron chi connectivity index (χ4n) is 15.4. The van der Waals surface area contributed by atoms with E-state index in [-0.39, 0.29) is 76.1 Å². The number of halogens is 24. The van der Waals surface area contributed by atoms with Crippen LogP contribution in [0.3, 0.4) is 0 Å². The van der Waals surface area contributed by atoms with Crippen LogP contribution in [-0.2, 0) is 79.6 Å². The molecule has 0 saturated heterocycles. The Bertz CT molecular complexity index is 4750. The van der Waals surface area contributed by atoms with Gasteiger partial charge in [0.1, 0.15) is 10.9 Å². The van der Waals surface area contributed by atoms with Crippen LogP contribution in [0.1, 0.15) is 275 Å². The van der Waals surface area contributed by atoms with E-state index in [0.717, 1.165) is 12.1 Å². The maximum Gasteiger partial charge on any atom is 0.631 e. The number of alkyl halides is 24. The van der Waals surface area contributed by atoms with E-state index in [1.807, 2.05) is 0 Å². The molecule has 0 heterocycles. The maximum atomic E-state index is 14.6. The summed E-state index contributed by atoms with van der Waals surface area (Å²) in [7, 11) is -9.01. The third-order valence-corrected chi connectivity index (χ3v) is 25.3. The number of rotatable bonds is 42. The van der Waals surface area contributed by atoms with E-state index in [1.54, 1.807) is 31.4 Å². The first-order valence-corrected chi connectivity index (χ1v) is 47.8. The minimum atomic E-state index is -5.93. The molecule has 42 heteroatoms. The lowest BCUT2D eigenvalue weighted by Crippen LogP contribution is -2.29. The van der Waals surface area contributed by atoms with Crippen LogP contribution < -0.4 is 5.02 Å². The van der Waals surface area contributed by atoms with Gasteiger partial charge in [0.2, 0.25) is 0 Å². The molecule has 0 radical (unpaired) electrons. The summed E-state index contributed by atoms with van der Waals surface area (Å²) < 4.78 is 348. The van der Waals surface area contributed by atoms with Gasteiger partial charge in [0.05, 0.1) is 44.5 Å². The average Bonchev–Trinajstić information content (AvgIpc) is 0.721. The average molecular weight is 2050 g/mol. The standard InChI is InChI=1S/C54H87S.C44H18F24S.3BH3O3.BH2O3/c1-4-7-10-13-16-19-22-25-28-31-40-49-43-34-37-46-52(49)55(53-47-38-35-44-50(53)41-32-29-26-23-20-17-14-11-8-5-2)54-48-39-36-45-51(54)42-33-30-27-24-21-18-15-12-9-6-3;45-37(46,47)23-6-19(7-24(14-23)38(48,49)50)32-18-33(69-31-4-2-1-3-5-31)35(21-10-27(41(57,58)59)16-28(11-21)42(60,61)62)36(22-12-29(43(63,64)65)17-30(13-22)44(66,67)68)34(32)20-8-25(39(51,52)53)15-26(9-20)40(54,55)56;4*2-1(3)4/h34-39,43-48H,4-33,40-42H2,1-3H3;1-18H;3*2-4H;2-3H/q+1;;;;;-1. The molecule has 9 aromatic carbocycles. The van der Waals surface area contributed by atoms with E-state index in [9.17, 15) is 105 Å². The van der Waals surface area contributed by atoms with Crippen LogP contribution >= 0.6 is 11.8 Å². The van der Waals surface area contributed by atoms with Gasteiger partial charge in [-0.1, -0.05) is 279 Å². The Morgan fingerprint density at radius 1 is 0.243 bits per heavy atom. The summed E-state index contributed by atoms with van der Waals surface area (Å²) in [6.07, 6.45) is -1.53. The molecule has 0 aliphatic heterocycles. The van der Waals surface area contributed by atoms with Gasteiger partial charge in [-0.3, -0.25) is 0 Å². The van der Waals surface area contributed by atoms with Crippen molar-refractivity contribution in [3.63, 3.8) is 0 Å². The van der Waals surface area contributed by atoms with Crippen molar-refractivity contribution in [1.82, 2.24) is 0 Å². The molecule has 0 spiro atoms. The summed E-state index contributed by atoms with van der Waals surface area (Å²) in [6, 6.07) is 30.6. The molecular formula is C98H116B4F24O12S2. The maximum absolute atomic E-state index is 14.6. The van der Waals surface area contributed by atoms with Gasteiger partial charge in [0.25, 0.3) is 0 Å². The quantitative estimate of drug-likeness (QED) is 0.00739. The van der Waals surface area contributed by atoms with Gasteiger partial charge >= 0.3 is 78.7 Å². The third-order valence-electron chi connectivity index (χ3n) is 21.8. The lowest BCUT2D eigenvalue weighted by atomic mass is 9.80.